The fourth-order valence-electron chi connectivity index (χ4n) is 2.06. The Labute approximate surface area is 117 Å². The SMILES string of the molecule is COC(=O)CN(C)C(=O)C(C)n1cnc2ccccc21. The number of carbonyl (C=O) groups is 2. The molecule has 6 nitrogen and oxygen atoms in total. The quantitative estimate of drug-likeness (QED) is 0.787. The van der Waals surface area contributed by atoms with Crippen LogP contribution < -0.4 is 0 Å². The van der Waals surface area contributed by atoms with Gasteiger partial charge in [-0.2, -0.15) is 0 Å². The highest BCUT2D eigenvalue weighted by Gasteiger charge is 2.22. The van der Waals surface area contributed by atoms with Gasteiger partial charge in [0.15, 0.2) is 0 Å². The number of amides is 1. The molecule has 1 amide bonds. The van der Waals surface area contributed by atoms with Crippen LogP contribution in [0.25, 0.3) is 11.0 Å². The van der Waals surface area contributed by atoms with E-state index in [9.17, 15) is 9.59 Å². The first-order valence-electron chi connectivity index (χ1n) is 6.28. The van der Waals surface area contributed by atoms with Crippen molar-refractivity contribution >= 4 is 22.9 Å². The molecule has 106 valence electrons. The maximum absolute atomic E-state index is 12.3. The van der Waals surface area contributed by atoms with Crippen molar-refractivity contribution in [3.8, 4) is 0 Å². The van der Waals surface area contributed by atoms with Crippen LogP contribution in [0.1, 0.15) is 13.0 Å². The Balaban J connectivity index is 2.20. The van der Waals surface area contributed by atoms with Crippen LogP contribution in [-0.4, -0.2) is 47.0 Å². The van der Waals surface area contributed by atoms with E-state index in [2.05, 4.69) is 9.72 Å². The molecule has 2 aromatic rings. The van der Waals surface area contributed by atoms with Gasteiger partial charge in [0, 0.05) is 7.05 Å². The van der Waals surface area contributed by atoms with E-state index in [-0.39, 0.29) is 12.5 Å². The molecule has 0 aliphatic heterocycles. The number of carbonyl (C=O) groups excluding carboxylic acids is 2. The molecular formula is C14H17N3O3. The summed E-state index contributed by atoms with van der Waals surface area (Å²) in [6, 6.07) is 7.16. The lowest BCUT2D eigenvalue weighted by atomic mass is 10.2. The van der Waals surface area contributed by atoms with Crippen LogP contribution in [0.15, 0.2) is 30.6 Å². The number of hydrogen-bond donors (Lipinski definition) is 0. The normalized spacial score (nSPS) is 12.2. The van der Waals surface area contributed by atoms with Crippen molar-refractivity contribution in [2.75, 3.05) is 20.7 Å². The highest BCUT2D eigenvalue weighted by molar-refractivity contribution is 5.86. The monoisotopic (exact) mass is 275 g/mol. The predicted octanol–water partition coefficient (Wildman–Crippen LogP) is 1.23. The van der Waals surface area contributed by atoms with Crippen molar-refractivity contribution in [1.29, 1.82) is 0 Å². The Kier molecular flexibility index (Phi) is 4.02. The lowest BCUT2D eigenvalue weighted by Gasteiger charge is -2.21. The Morgan fingerprint density at radius 1 is 1.40 bits per heavy atom. The second-order valence-electron chi connectivity index (χ2n) is 4.59. The van der Waals surface area contributed by atoms with Gasteiger partial charge in [0.2, 0.25) is 5.91 Å². The van der Waals surface area contributed by atoms with Gasteiger partial charge in [-0.25, -0.2) is 4.98 Å². The van der Waals surface area contributed by atoms with E-state index >= 15 is 0 Å². The molecule has 6 heteroatoms. The molecule has 0 saturated carbocycles. The Morgan fingerprint density at radius 2 is 2.10 bits per heavy atom. The minimum Gasteiger partial charge on any atom is -0.468 e. The molecule has 0 aliphatic carbocycles. The van der Waals surface area contributed by atoms with Crippen LogP contribution in [0.3, 0.4) is 0 Å². The van der Waals surface area contributed by atoms with Gasteiger partial charge in [0.25, 0.3) is 0 Å². The summed E-state index contributed by atoms with van der Waals surface area (Å²) >= 11 is 0. The van der Waals surface area contributed by atoms with Crippen molar-refractivity contribution in [3.63, 3.8) is 0 Å². The zero-order valence-electron chi connectivity index (χ0n) is 11.7. The molecule has 0 radical (unpaired) electrons. The van der Waals surface area contributed by atoms with Gasteiger partial charge in [-0.3, -0.25) is 9.59 Å². The molecule has 20 heavy (non-hydrogen) atoms. The first-order valence-corrected chi connectivity index (χ1v) is 6.28. The van der Waals surface area contributed by atoms with Gasteiger partial charge in [-0.15, -0.1) is 0 Å². The summed E-state index contributed by atoms with van der Waals surface area (Å²) < 4.78 is 6.36. The van der Waals surface area contributed by atoms with Gasteiger partial charge in [0.1, 0.15) is 12.6 Å². The lowest BCUT2D eigenvalue weighted by molar-refractivity contribution is -0.147. The number of rotatable bonds is 4. The number of fused-ring (bicyclic) bond motifs is 1. The second-order valence-corrected chi connectivity index (χ2v) is 4.59. The molecule has 0 saturated heterocycles. The fourth-order valence-corrected chi connectivity index (χ4v) is 2.06. The lowest BCUT2D eigenvalue weighted by Crippen LogP contribution is -2.37. The van der Waals surface area contributed by atoms with Crippen LogP contribution in [0.4, 0.5) is 0 Å². The van der Waals surface area contributed by atoms with Crippen LogP contribution in [0.5, 0.6) is 0 Å². The zero-order chi connectivity index (χ0) is 14.7. The van der Waals surface area contributed by atoms with E-state index in [0.29, 0.717) is 0 Å². The minimum absolute atomic E-state index is 0.0632. The smallest absolute Gasteiger partial charge is 0.325 e. The first-order chi connectivity index (χ1) is 9.54. The molecular weight excluding hydrogens is 258 g/mol. The number of imidazole rings is 1. The molecule has 2 rings (SSSR count). The number of esters is 1. The van der Waals surface area contributed by atoms with E-state index in [0.717, 1.165) is 11.0 Å². The topological polar surface area (TPSA) is 64.4 Å². The predicted molar refractivity (Wildman–Crippen MR) is 74.1 cm³/mol. The van der Waals surface area contributed by atoms with Gasteiger partial charge < -0.3 is 14.2 Å². The number of ether oxygens (including phenoxy) is 1. The number of nitrogens with zero attached hydrogens (tertiary/aromatic N) is 3. The second kappa shape index (κ2) is 5.73. The summed E-state index contributed by atoms with van der Waals surface area (Å²) in [6.45, 7) is 1.72. The number of hydrogen-bond acceptors (Lipinski definition) is 4. The first kappa shape index (κ1) is 14.0. The molecule has 0 spiro atoms. The van der Waals surface area contributed by atoms with Gasteiger partial charge in [-0.1, -0.05) is 12.1 Å². The van der Waals surface area contributed by atoms with E-state index in [1.807, 2.05) is 24.3 Å². The van der Waals surface area contributed by atoms with Crippen molar-refractivity contribution in [3.05, 3.63) is 30.6 Å². The number of aromatic nitrogens is 2. The third kappa shape index (κ3) is 2.64. The zero-order valence-corrected chi connectivity index (χ0v) is 11.7. The molecule has 1 aromatic carbocycles. The molecule has 0 bridgehead atoms. The van der Waals surface area contributed by atoms with E-state index < -0.39 is 12.0 Å². The van der Waals surface area contributed by atoms with E-state index in [4.69, 9.17) is 0 Å². The summed E-state index contributed by atoms with van der Waals surface area (Å²) in [6.07, 6.45) is 1.64. The third-order valence-electron chi connectivity index (χ3n) is 3.23. The van der Waals surface area contributed by atoms with Gasteiger partial charge >= 0.3 is 5.97 Å². The van der Waals surface area contributed by atoms with E-state index in [1.165, 1.54) is 12.0 Å². The Hall–Kier alpha value is -2.37. The van der Waals surface area contributed by atoms with Crippen LogP contribution in [0.2, 0.25) is 0 Å². The highest BCUT2D eigenvalue weighted by atomic mass is 16.5. The molecule has 0 N–H and O–H groups in total. The van der Waals surface area contributed by atoms with Crippen molar-refractivity contribution in [2.45, 2.75) is 13.0 Å². The van der Waals surface area contributed by atoms with Crippen LogP contribution >= 0.6 is 0 Å². The Morgan fingerprint density at radius 3 is 2.80 bits per heavy atom. The number of benzene rings is 1. The minimum atomic E-state index is -0.441. The molecule has 1 aromatic heterocycles. The summed E-state index contributed by atoms with van der Waals surface area (Å²) in [5.41, 5.74) is 1.72. The summed E-state index contributed by atoms with van der Waals surface area (Å²) in [5.74, 6) is -0.609. The third-order valence-corrected chi connectivity index (χ3v) is 3.23. The number of para-hydroxylation sites is 2. The van der Waals surface area contributed by atoms with Crippen molar-refractivity contribution in [1.82, 2.24) is 14.5 Å². The molecule has 0 aliphatic rings. The Bertz CT molecular complexity index is 635. The summed E-state index contributed by atoms with van der Waals surface area (Å²) in [5, 5.41) is 0. The van der Waals surface area contributed by atoms with Crippen molar-refractivity contribution in [2.24, 2.45) is 0 Å². The number of likely N-dealkylation sites (N-methyl/N-ethyl adjacent to an activating group) is 1. The van der Waals surface area contributed by atoms with Gasteiger partial charge in [-0.05, 0) is 19.1 Å². The van der Waals surface area contributed by atoms with E-state index in [1.54, 1.807) is 24.9 Å². The summed E-state index contributed by atoms with van der Waals surface area (Å²) in [7, 11) is 2.88. The van der Waals surface area contributed by atoms with Crippen LogP contribution in [-0.2, 0) is 14.3 Å². The summed E-state index contributed by atoms with van der Waals surface area (Å²) in [4.78, 5) is 29.1. The average molecular weight is 275 g/mol. The maximum atomic E-state index is 12.3. The maximum Gasteiger partial charge on any atom is 0.325 e. The molecule has 1 heterocycles. The molecule has 1 unspecified atom stereocenters. The number of methoxy groups -OCH3 is 1. The molecule has 0 fully saturated rings. The highest BCUT2D eigenvalue weighted by Crippen LogP contribution is 2.18. The fraction of sp³-hybridized carbons (Fsp3) is 0.357. The van der Waals surface area contributed by atoms with Crippen LogP contribution in [0, 0.1) is 0 Å². The standard InChI is InChI=1S/C14H17N3O3/c1-10(14(19)16(2)8-13(18)20-3)17-9-15-11-6-4-5-7-12(11)17/h4-7,9-10H,8H2,1-3H3. The molecule has 1 atom stereocenters. The largest absolute Gasteiger partial charge is 0.468 e. The average Bonchev–Trinajstić information content (AvgIpc) is 2.89. The van der Waals surface area contributed by atoms with Gasteiger partial charge in [0.05, 0.1) is 24.5 Å². The van der Waals surface area contributed by atoms with Crippen molar-refractivity contribution < 1.29 is 14.3 Å².